The molecule has 2 heterocycles. The van der Waals surface area contributed by atoms with Crippen molar-refractivity contribution in [2.24, 2.45) is 0 Å². The van der Waals surface area contributed by atoms with E-state index in [9.17, 15) is 18.0 Å². The molecule has 4 rings (SSSR count). The summed E-state index contributed by atoms with van der Waals surface area (Å²) in [4.78, 5) is 13.1. The Morgan fingerprint density at radius 1 is 1.10 bits per heavy atom. The summed E-state index contributed by atoms with van der Waals surface area (Å²) in [5.41, 5.74) is 2.86. The van der Waals surface area contributed by atoms with Crippen molar-refractivity contribution in [2.45, 2.75) is 29.5 Å². The van der Waals surface area contributed by atoms with E-state index in [1.807, 2.05) is 30.3 Å². The smallest absolute Gasteiger partial charge is 0.324 e. The van der Waals surface area contributed by atoms with E-state index in [0.29, 0.717) is 11.0 Å². The minimum absolute atomic E-state index is 0.277. The first-order chi connectivity index (χ1) is 13.8. The first-order valence-electron chi connectivity index (χ1n) is 8.72. The number of anilines is 1. The van der Waals surface area contributed by atoms with Crippen LogP contribution in [0.3, 0.4) is 0 Å². The number of hydrogen-bond donors (Lipinski definition) is 2. The summed E-state index contributed by atoms with van der Waals surface area (Å²) in [6, 6.07) is 13.7. The minimum Gasteiger partial charge on any atom is -0.324 e. The van der Waals surface area contributed by atoms with E-state index in [1.54, 1.807) is 11.6 Å². The van der Waals surface area contributed by atoms with Crippen LogP contribution in [-0.2, 0) is 11.0 Å². The van der Waals surface area contributed by atoms with E-state index in [0.717, 1.165) is 23.4 Å². The summed E-state index contributed by atoms with van der Waals surface area (Å²) in [5.74, 6) is 0.0645. The van der Waals surface area contributed by atoms with Gasteiger partial charge in [-0.15, -0.1) is 10.2 Å². The number of carbonyl (C=O) groups excluding carboxylic acids is 1. The van der Waals surface area contributed by atoms with Crippen LogP contribution in [0.15, 0.2) is 59.8 Å². The van der Waals surface area contributed by atoms with Crippen LogP contribution in [0.1, 0.15) is 23.0 Å². The standard InChI is InChI=1S/C19H16F3N5OS/c1-11-24-25-18-27(11)26-15(12-7-3-2-4-8-12)16(29-18)17(28)23-14-10-6-5-9-13(14)19(20,21)22/h2-10,15-16,26H,1H3,(H,23,28)/t15-,16-/m0/s1. The average Bonchev–Trinajstić information content (AvgIpc) is 3.07. The molecule has 0 aliphatic carbocycles. The Hall–Kier alpha value is -3.01. The van der Waals surface area contributed by atoms with Crippen molar-refractivity contribution in [3.05, 3.63) is 71.5 Å². The number of rotatable bonds is 3. The summed E-state index contributed by atoms with van der Waals surface area (Å²) >= 11 is 1.16. The fraction of sp³-hybridized carbons (Fsp3) is 0.211. The fourth-order valence-electron chi connectivity index (χ4n) is 3.11. The molecule has 0 saturated heterocycles. The molecule has 2 N–H and O–H groups in total. The van der Waals surface area contributed by atoms with Gasteiger partial charge in [0.2, 0.25) is 11.1 Å². The van der Waals surface area contributed by atoms with Crippen LogP contribution >= 0.6 is 11.8 Å². The lowest BCUT2D eigenvalue weighted by atomic mass is 10.0. The van der Waals surface area contributed by atoms with Gasteiger partial charge >= 0.3 is 6.18 Å². The second kappa shape index (κ2) is 7.43. The molecule has 1 aliphatic heterocycles. The highest BCUT2D eigenvalue weighted by molar-refractivity contribution is 8.00. The molecule has 10 heteroatoms. The Kier molecular flexibility index (Phi) is 4.95. The second-order valence-electron chi connectivity index (χ2n) is 6.45. The van der Waals surface area contributed by atoms with Gasteiger partial charge in [0.1, 0.15) is 11.1 Å². The lowest BCUT2D eigenvalue weighted by Gasteiger charge is -2.32. The van der Waals surface area contributed by atoms with E-state index >= 15 is 0 Å². The average molecular weight is 419 g/mol. The molecule has 3 aromatic rings. The van der Waals surface area contributed by atoms with Gasteiger partial charge in [0, 0.05) is 0 Å². The van der Waals surface area contributed by atoms with Gasteiger partial charge in [-0.25, -0.2) is 4.68 Å². The zero-order chi connectivity index (χ0) is 20.6. The van der Waals surface area contributed by atoms with E-state index in [1.165, 1.54) is 18.2 Å². The molecule has 0 spiro atoms. The van der Waals surface area contributed by atoms with E-state index in [2.05, 4.69) is 20.9 Å². The van der Waals surface area contributed by atoms with Crippen molar-refractivity contribution in [1.82, 2.24) is 14.9 Å². The molecule has 2 aromatic carbocycles. The monoisotopic (exact) mass is 419 g/mol. The van der Waals surface area contributed by atoms with Crippen molar-refractivity contribution >= 4 is 23.4 Å². The van der Waals surface area contributed by atoms with Gasteiger partial charge < -0.3 is 10.7 Å². The van der Waals surface area contributed by atoms with E-state index in [-0.39, 0.29) is 5.69 Å². The minimum atomic E-state index is -4.57. The van der Waals surface area contributed by atoms with E-state index < -0.39 is 28.9 Å². The van der Waals surface area contributed by atoms with Crippen LogP contribution in [0, 0.1) is 6.92 Å². The molecule has 2 atom stereocenters. The highest BCUT2D eigenvalue weighted by atomic mass is 32.2. The molecule has 1 amide bonds. The van der Waals surface area contributed by atoms with Gasteiger partial charge in [-0.2, -0.15) is 13.2 Å². The Balaban J connectivity index is 1.68. The van der Waals surface area contributed by atoms with Crippen LogP contribution < -0.4 is 10.7 Å². The fourth-order valence-corrected chi connectivity index (χ4v) is 4.24. The number of para-hydroxylation sites is 1. The molecule has 0 fully saturated rings. The maximum Gasteiger partial charge on any atom is 0.418 e. The van der Waals surface area contributed by atoms with Gasteiger partial charge in [0.15, 0.2) is 0 Å². The Labute approximate surface area is 168 Å². The number of amides is 1. The van der Waals surface area contributed by atoms with Crippen LogP contribution in [0.5, 0.6) is 0 Å². The number of nitrogens with zero attached hydrogens (tertiary/aromatic N) is 3. The topological polar surface area (TPSA) is 71.8 Å². The normalized spacial score (nSPS) is 18.6. The molecule has 0 radical (unpaired) electrons. The Bertz CT molecular complexity index is 1040. The molecular formula is C19H16F3N5OS. The molecule has 0 unspecified atom stereocenters. The zero-order valence-electron chi connectivity index (χ0n) is 15.1. The molecule has 0 saturated carbocycles. The second-order valence-corrected chi connectivity index (χ2v) is 7.56. The summed E-state index contributed by atoms with van der Waals surface area (Å²) in [5, 5.41) is 10.2. The van der Waals surface area contributed by atoms with Gasteiger partial charge in [0.05, 0.1) is 17.3 Å². The molecule has 29 heavy (non-hydrogen) atoms. The number of hydrogen-bond acceptors (Lipinski definition) is 5. The highest BCUT2D eigenvalue weighted by Gasteiger charge is 2.39. The van der Waals surface area contributed by atoms with Crippen LogP contribution in [0.2, 0.25) is 0 Å². The van der Waals surface area contributed by atoms with E-state index in [4.69, 9.17) is 0 Å². The Morgan fingerprint density at radius 2 is 1.79 bits per heavy atom. The largest absolute Gasteiger partial charge is 0.418 e. The molecule has 1 aliphatic rings. The number of benzene rings is 2. The lowest BCUT2D eigenvalue weighted by molar-refractivity contribution is -0.137. The number of halogens is 3. The van der Waals surface area contributed by atoms with Crippen molar-refractivity contribution < 1.29 is 18.0 Å². The van der Waals surface area contributed by atoms with Crippen LogP contribution in [0.25, 0.3) is 0 Å². The van der Waals surface area contributed by atoms with Gasteiger partial charge in [0.25, 0.3) is 0 Å². The summed E-state index contributed by atoms with van der Waals surface area (Å²) in [6.45, 7) is 1.77. The number of thioether (sulfide) groups is 1. The SMILES string of the molecule is Cc1nnc2n1N[C@@H](c1ccccc1)[C@@H](C(=O)Nc1ccccc1C(F)(F)F)S2. The van der Waals surface area contributed by atoms with Gasteiger partial charge in [-0.3, -0.25) is 4.79 Å². The molecule has 1 aromatic heterocycles. The van der Waals surface area contributed by atoms with Crippen molar-refractivity contribution in [2.75, 3.05) is 10.7 Å². The predicted octanol–water partition coefficient (Wildman–Crippen LogP) is 4.00. The maximum absolute atomic E-state index is 13.3. The summed E-state index contributed by atoms with van der Waals surface area (Å²) < 4.78 is 41.6. The maximum atomic E-state index is 13.3. The number of nitrogens with one attached hydrogen (secondary N) is 2. The summed E-state index contributed by atoms with van der Waals surface area (Å²) in [6.07, 6.45) is -4.57. The quantitative estimate of drug-likeness (QED) is 0.672. The molecular weight excluding hydrogens is 403 g/mol. The highest BCUT2D eigenvalue weighted by Crippen LogP contribution is 2.39. The summed E-state index contributed by atoms with van der Waals surface area (Å²) in [7, 11) is 0. The lowest BCUT2D eigenvalue weighted by Crippen LogP contribution is -2.41. The number of carbonyl (C=O) groups is 1. The van der Waals surface area contributed by atoms with Gasteiger partial charge in [-0.1, -0.05) is 54.2 Å². The van der Waals surface area contributed by atoms with Crippen LogP contribution in [-0.4, -0.2) is 26.0 Å². The number of fused-ring (bicyclic) bond motifs is 1. The first-order valence-corrected chi connectivity index (χ1v) is 9.60. The van der Waals surface area contributed by atoms with Crippen LogP contribution in [0.4, 0.5) is 18.9 Å². The first kappa shape index (κ1) is 19.3. The third-order valence-electron chi connectivity index (χ3n) is 4.51. The zero-order valence-corrected chi connectivity index (χ0v) is 16.0. The molecule has 150 valence electrons. The third kappa shape index (κ3) is 3.80. The van der Waals surface area contributed by atoms with Gasteiger partial charge in [-0.05, 0) is 24.6 Å². The third-order valence-corrected chi connectivity index (χ3v) is 5.72. The predicted molar refractivity (Wildman–Crippen MR) is 103 cm³/mol. The van der Waals surface area contributed by atoms with Crippen molar-refractivity contribution in [1.29, 1.82) is 0 Å². The molecule has 0 bridgehead atoms. The van der Waals surface area contributed by atoms with Crippen molar-refractivity contribution in [3.63, 3.8) is 0 Å². The Morgan fingerprint density at radius 3 is 2.52 bits per heavy atom. The molecule has 6 nitrogen and oxygen atoms in total. The number of aryl methyl sites for hydroxylation is 1. The van der Waals surface area contributed by atoms with Crippen molar-refractivity contribution in [3.8, 4) is 0 Å². The number of alkyl halides is 3. The number of aromatic nitrogens is 3.